The van der Waals surface area contributed by atoms with Crippen molar-refractivity contribution in [2.75, 3.05) is 0 Å². The minimum absolute atomic E-state index is 0.635. The molecule has 0 spiro atoms. The molecule has 0 radical (unpaired) electrons. The average Bonchev–Trinajstić information content (AvgIpc) is 2.84. The number of imidazole rings is 1. The number of nitrogens with zero attached hydrogens (tertiary/aromatic N) is 2. The van der Waals surface area contributed by atoms with E-state index < -0.39 is 0 Å². The number of hydrogen-bond acceptors (Lipinski definition) is 2. The fraction of sp³-hybridized carbons (Fsp3) is 0.455. The highest BCUT2D eigenvalue weighted by molar-refractivity contribution is 9.10. The SMILES string of the molecule is Brc1cc2nc(C3CCCC3)[nH]c2cn1. The smallest absolute Gasteiger partial charge is 0.110 e. The number of nitrogens with one attached hydrogen (secondary N) is 1. The van der Waals surface area contributed by atoms with Gasteiger partial charge >= 0.3 is 0 Å². The third-order valence-electron chi connectivity index (χ3n) is 3.09. The van der Waals surface area contributed by atoms with Gasteiger partial charge in [-0.05, 0) is 34.8 Å². The minimum atomic E-state index is 0.635. The lowest BCUT2D eigenvalue weighted by Gasteiger charge is -2.02. The predicted octanol–water partition coefficient (Wildman–Crippen LogP) is 3.38. The molecule has 1 aliphatic rings. The number of aromatic nitrogens is 3. The molecule has 0 aromatic carbocycles. The fourth-order valence-corrected chi connectivity index (χ4v) is 2.62. The molecule has 2 aromatic rings. The molecule has 78 valence electrons. The van der Waals surface area contributed by atoms with E-state index in [4.69, 9.17) is 0 Å². The Morgan fingerprint density at radius 3 is 2.93 bits per heavy atom. The van der Waals surface area contributed by atoms with Gasteiger partial charge in [-0.1, -0.05) is 12.8 Å². The van der Waals surface area contributed by atoms with Gasteiger partial charge in [0.2, 0.25) is 0 Å². The lowest BCUT2D eigenvalue weighted by atomic mass is 10.1. The van der Waals surface area contributed by atoms with Crippen LogP contribution in [0.1, 0.15) is 37.4 Å². The van der Waals surface area contributed by atoms with Gasteiger partial charge in [-0.3, -0.25) is 0 Å². The monoisotopic (exact) mass is 265 g/mol. The van der Waals surface area contributed by atoms with E-state index in [9.17, 15) is 0 Å². The Morgan fingerprint density at radius 1 is 1.33 bits per heavy atom. The summed E-state index contributed by atoms with van der Waals surface area (Å²) in [7, 11) is 0. The Morgan fingerprint density at radius 2 is 2.13 bits per heavy atom. The third-order valence-corrected chi connectivity index (χ3v) is 3.53. The van der Waals surface area contributed by atoms with Crippen LogP contribution in [-0.4, -0.2) is 15.0 Å². The van der Waals surface area contributed by atoms with Gasteiger partial charge < -0.3 is 4.98 Å². The van der Waals surface area contributed by atoms with E-state index in [0.29, 0.717) is 5.92 Å². The molecule has 1 saturated carbocycles. The largest absolute Gasteiger partial charge is 0.340 e. The number of H-pyrrole nitrogens is 1. The molecule has 3 rings (SSSR count). The van der Waals surface area contributed by atoms with Crippen molar-refractivity contribution in [1.82, 2.24) is 15.0 Å². The maximum absolute atomic E-state index is 4.63. The summed E-state index contributed by atoms with van der Waals surface area (Å²) in [4.78, 5) is 12.2. The summed E-state index contributed by atoms with van der Waals surface area (Å²) < 4.78 is 0.847. The van der Waals surface area contributed by atoms with E-state index in [1.165, 1.54) is 25.7 Å². The van der Waals surface area contributed by atoms with E-state index in [-0.39, 0.29) is 0 Å². The third kappa shape index (κ3) is 1.67. The molecule has 2 heterocycles. The molecule has 1 aliphatic carbocycles. The normalized spacial score (nSPS) is 17.7. The number of pyridine rings is 1. The second-order valence-corrected chi connectivity index (χ2v) is 4.94. The summed E-state index contributed by atoms with van der Waals surface area (Å²) in [6.07, 6.45) is 7.06. The van der Waals surface area contributed by atoms with Crippen LogP contribution in [0.5, 0.6) is 0 Å². The number of aromatic amines is 1. The topological polar surface area (TPSA) is 41.6 Å². The molecule has 0 saturated heterocycles. The van der Waals surface area contributed by atoms with Gasteiger partial charge in [0.05, 0.1) is 17.2 Å². The molecule has 0 bridgehead atoms. The van der Waals surface area contributed by atoms with E-state index >= 15 is 0 Å². The Labute approximate surface area is 96.4 Å². The zero-order valence-electron chi connectivity index (χ0n) is 8.33. The molecule has 0 aliphatic heterocycles. The summed E-state index contributed by atoms with van der Waals surface area (Å²) in [5.41, 5.74) is 2.05. The second-order valence-electron chi connectivity index (χ2n) is 4.13. The first-order valence-corrected chi connectivity index (χ1v) is 6.13. The molecule has 1 fully saturated rings. The summed E-state index contributed by atoms with van der Waals surface area (Å²) in [6.45, 7) is 0. The number of rotatable bonds is 1. The second kappa shape index (κ2) is 3.59. The molecule has 4 heteroatoms. The number of halogens is 1. The molecule has 3 nitrogen and oxygen atoms in total. The number of hydrogen-bond donors (Lipinski definition) is 1. The molecule has 2 aromatic heterocycles. The van der Waals surface area contributed by atoms with Crippen LogP contribution in [0.2, 0.25) is 0 Å². The van der Waals surface area contributed by atoms with Crippen LogP contribution in [0, 0.1) is 0 Å². The van der Waals surface area contributed by atoms with E-state index in [0.717, 1.165) is 21.5 Å². The van der Waals surface area contributed by atoms with E-state index in [2.05, 4.69) is 30.9 Å². The van der Waals surface area contributed by atoms with Gasteiger partial charge in [0, 0.05) is 5.92 Å². The summed E-state index contributed by atoms with van der Waals surface area (Å²) >= 11 is 3.36. The summed E-state index contributed by atoms with van der Waals surface area (Å²) in [5.74, 6) is 1.78. The van der Waals surface area contributed by atoms with Gasteiger partial charge in [-0.25, -0.2) is 9.97 Å². The van der Waals surface area contributed by atoms with Gasteiger partial charge in [0.15, 0.2) is 0 Å². The van der Waals surface area contributed by atoms with Crippen molar-refractivity contribution in [2.45, 2.75) is 31.6 Å². The van der Waals surface area contributed by atoms with Gasteiger partial charge in [-0.2, -0.15) is 0 Å². The van der Waals surface area contributed by atoms with Crippen LogP contribution in [0.3, 0.4) is 0 Å². The van der Waals surface area contributed by atoms with Crippen molar-refractivity contribution in [3.05, 3.63) is 22.7 Å². The standard InChI is InChI=1S/C11H12BrN3/c12-10-5-8-9(6-13-10)15-11(14-8)7-3-1-2-4-7/h5-7H,1-4H2,(H,14,15). The highest BCUT2D eigenvalue weighted by Gasteiger charge is 2.20. The number of fused-ring (bicyclic) bond motifs is 1. The first kappa shape index (κ1) is 9.33. The Kier molecular flexibility index (Phi) is 2.24. The first-order chi connectivity index (χ1) is 7.33. The molecule has 1 N–H and O–H groups in total. The van der Waals surface area contributed by atoms with Crippen molar-refractivity contribution >= 4 is 27.0 Å². The maximum Gasteiger partial charge on any atom is 0.110 e. The van der Waals surface area contributed by atoms with Crippen LogP contribution in [0.25, 0.3) is 11.0 Å². The van der Waals surface area contributed by atoms with Gasteiger partial charge in [-0.15, -0.1) is 0 Å². The van der Waals surface area contributed by atoms with Crippen LogP contribution in [0.15, 0.2) is 16.9 Å². The maximum atomic E-state index is 4.63. The van der Waals surface area contributed by atoms with Crippen molar-refractivity contribution in [1.29, 1.82) is 0 Å². The van der Waals surface area contributed by atoms with Crippen molar-refractivity contribution in [3.8, 4) is 0 Å². The molecule has 0 atom stereocenters. The van der Waals surface area contributed by atoms with Crippen molar-refractivity contribution in [3.63, 3.8) is 0 Å². The highest BCUT2D eigenvalue weighted by atomic mass is 79.9. The fourth-order valence-electron chi connectivity index (χ4n) is 2.30. The van der Waals surface area contributed by atoms with Crippen molar-refractivity contribution in [2.24, 2.45) is 0 Å². The molecule has 0 amide bonds. The average molecular weight is 266 g/mol. The zero-order chi connectivity index (χ0) is 10.3. The highest BCUT2D eigenvalue weighted by Crippen LogP contribution is 2.33. The molecular weight excluding hydrogens is 254 g/mol. The Hall–Kier alpha value is -0.900. The van der Waals surface area contributed by atoms with Crippen molar-refractivity contribution < 1.29 is 0 Å². The summed E-state index contributed by atoms with van der Waals surface area (Å²) in [6, 6.07) is 1.96. The van der Waals surface area contributed by atoms with Crippen LogP contribution in [-0.2, 0) is 0 Å². The minimum Gasteiger partial charge on any atom is -0.340 e. The first-order valence-electron chi connectivity index (χ1n) is 5.34. The lowest BCUT2D eigenvalue weighted by molar-refractivity contribution is 0.681. The molecular formula is C11H12BrN3. The van der Waals surface area contributed by atoms with E-state index in [1.54, 1.807) is 0 Å². The van der Waals surface area contributed by atoms with Gasteiger partial charge in [0.25, 0.3) is 0 Å². The zero-order valence-corrected chi connectivity index (χ0v) is 9.92. The van der Waals surface area contributed by atoms with Crippen LogP contribution in [0.4, 0.5) is 0 Å². The Bertz CT molecular complexity index is 486. The Balaban J connectivity index is 2.05. The molecule has 0 unspecified atom stereocenters. The van der Waals surface area contributed by atoms with Crippen LogP contribution >= 0.6 is 15.9 Å². The van der Waals surface area contributed by atoms with E-state index in [1.807, 2.05) is 12.3 Å². The van der Waals surface area contributed by atoms with Crippen LogP contribution < -0.4 is 0 Å². The summed E-state index contributed by atoms with van der Waals surface area (Å²) in [5, 5.41) is 0. The van der Waals surface area contributed by atoms with Gasteiger partial charge in [0.1, 0.15) is 10.4 Å². The lowest BCUT2D eigenvalue weighted by Crippen LogP contribution is -1.93. The molecule has 15 heavy (non-hydrogen) atoms. The predicted molar refractivity (Wildman–Crippen MR) is 62.8 cm³/mol. The quantitative estimate of drug-likeness (QED) is 0.804.